The molecule has 7 nitrogen and oxygen atoms in total. The van der Waals surface area contributed by atoms with E-state index in [1.165, 1.54) is 6.33 Å². The molecule has 4 rings (SSSR count). The topological polar surface area (TPSA) is 110 Å². The Kier molecular flexibility index (Phi) is 5.63. The quantitative estimate of drug-likeness (QED) is 0.568. The first-order valence-electron chi connectivity index (χ1n) is 10.5. The van der Waals surface area contributed by atoms with Crippen LogP contribution in [0.4, 0.5) is 14.6 Å². The summed E-state index contributed by atoms with van der Waals surface area (Å²) in [5.41, 5.74) is 5.90. The number of nitrogens with two attached hydrogens (primary N) is 2. The van der Waals surface area contributed by atoms with Gasteiger partial charge in [0.1, 0.15) is 35.8 Å². The average molecular weight is 423 g/mol. The Labute approximate surface area is 174 Å². The van der Waals surface area contributed by atoms with Gasteiger partial charge in [0, 0.05) is 50.0 Å². The molecule has 2 aliphatic carbocycles. The van der Waals surface area contributed by atoms with Crippen LogP contribution in [-0.2, 0) is 4.74 Å². The third-order valence-corrected chi connectivity index (χ3v) is 6.46. The van der Waals surface area contributed by atoms with E-state index in [1.54, 1.807) is 12.1 Å². The number of rotatable bonds is 6. The van der Waals surface area contributed by atoms with E-state index >= 15 is 0 Å². The molecule has 2 fully saturated rings. The zero-order valence-corrected chi connectivity index (χ0v) is 17.2. The molecule has 1 saturated carbocycles. The van der Waals surface area contributed by atoms with Crippen LogP contribution in [0.15, 0.2) is 24.0 Å². The molecule has 5 N–H and O–H groups in total. The summed E-state index contributed by atoms with van der Waals surface area (Å²) < 4.78 is 34.7. The third kappa shape index (κ3) is 4.38. The molecule has 0 aromatic carbocycles. The molecular formula is C21H30F2N5O2+. The zero-order valence-electron chi connectivity index (χ0n) is 17.2. The normalized spacial score (nSPS) is 30.0. The summed E-state index contributed by atoms with van der Waals surface area (Å²) in [6.07, 6.45) is 3.70. The summed E-state index contributed by atoms with van der Waals surface area (Å²) in [5.74, 6) is 0.634. The van der Waals surface area contributed by atoms with Crippen molar-refractivity contribution in [1.82, 2.24) is 9.97 Å². The molecule has 0 bridgehead atoms. The van der Waals surface area contributed by atoms with Crippen molar-refractivity contribution >= 4 is 11.5 Å². The SMILES string of the molecule is CC1(OC2C=C(C(=[NH2+])c3cc(N4CCC(F)(CO)CC4)ncn3)C(N)CC2F)CC1. The lowest BCUT2D eigenvalue weighted by Crippen LogP contribution is -2.50. The van der Waals surface area contributed by atoms with E-state index in [4.69, 9.17) is 15.9 Å². The van der Waals surface area contributed by atoms with E-state index in [2.05, 4.69) is 9.97 Å². The van der Waals surface area contributed by atoms with Crippen molar-refractivity contribution in [1.29, 1.82) is 0 Å². The summed E-state index contributed by atoms with van der Waals surface area (Å²) >= 11 is 0. The van der Waals surface area contributed by atoms with Gasteiger partial charge < -0.3 is 20.5 Å². The number of piperidine rings is 1. The Hall–Kier alpha value is -1.97. The van der Waals surface area contributed by atoms with Gasteiger partial charge in [-0.05, 0) is 25.8 Å². The Morgan fingerprint density at radius 1 is 1.33 bits per heavy atom. The van der Waals surface area contributed by atoms with Gasteiger partial charge in [-0.25, -0.2) is 18.7 Å². The van der Waals surface area contributed by atoms with Crippen LogP contribution >= 0.6 is 0 Å². The molecule has 0 spiro atoms. The number of ether oxygens (including phenoxy) is 1. The first kappa shape index (κ1) is 21.3. The highest BCUT2D eigenvalue weighted by Crippen LogP contribution is 2.42. The molecule has 1 aromatic rings. The van der Waals surface area contributed by atoms with Crippen LogP contribution in [0.1, 0.15) is 44.7 Å². The highest BCUT2D eigenvalue weighted by molar-refractivity contribution is 6.08. The van der Waals surface area contributed by atoms with Crippen LogP contribution in [-0.4, -0.2) is 70.1 Å². The van der Waals surface area contributed by atoms with Gasteiger partial charge in [-0.1, -0.05) is 0 Å². The second-order valence-corrected chi connectivity index (χ2v) is 8.98. The number of nitrogens with zero attached hydrogens (tertiary/aromatic N) is 3. The number of aliphatic hydroxyl groups is 1. The van der Waals surface area contributed by atoms with E-state index in [-0.39, 0.29) is 24.9 Å². The summed E-state index contributed by atoms with van der Waals surface area (Å²) in [7, 11) is 0. The van der Waals surface area contributed by atoms with Crippen molar-refractivity contribution in [2.75, 3.05) is 24.6 Å². The fourth-order valence-electron chi connectivity index (χ4n) is 4.04. The molecule has 0 amide bonds. The maximum Gasteiger partial charge on any atom is 0.227 e. The Balaban J connectivity index is 1.51. The average Bonchev–Trinajstić information content (AvgIpc) is 3.47. The van der Waals surface area contributed by atoms with Crippen LogP contribution in [0.5, 0.6) is 0 Å². The van der Waals surface area contributed by atoms with E-state index in [1.807, 2.05) is 11.8 Å². The van der Waals surface area contributed by atoms with E-state index < -0.39 is 30.6 Å². The monoisotopic (exact) mass is 422 g/mol. The Morgan fingerprint density at radius 2 is 2.03 bits per heavy atom. The number of hydrogen-bond acceptors (Lipinski definition) is 6. The van der Waals surface area contributed by atoms with Crippen LogP contribution in [0.25, 0.3) is 0 Å². The molecule has 1 aliphatic heterocycles. The lowest BCUT2D eigenvalue weighted by Gasteiger charge is -2.35. The Bertz CT molecular complexity index is 836. The smallest absolute Gasteiger partial charge is 0.227 e. The Morgan fingerprint density at radius 3 is 2.67 bits per heavy atom. The van der Waals surface area contributed by atoms with Gasteiger partial charge in [-0.15, -0.1) is 0 Å². The van der Waals surface area contributed by atoms with Gasteiger partial charge in [0.2, 0.25) is 5.71 Å². The molecule has 3 atom stereocenters. The van der Waals surface area contributed by atoms with Gasteiger partial charge in [-0.3, -0.25) is 5.41 Å². The first-order valence-corrected chi connectivity index (χ1v) is 10.5. The molecule has 2 heterocycles. The lowest BCUT2D eigenvalue weighted by atomic mass is 9.87. The molecule has 1 saturated heterocycles. The minimum atomic E-state index is -1.53. The molecule has 164 valence electrons. The minimum absolute atomic E-state index is 0.136. The van der Waals surface area contributed by atoms with Crippen LogP contribution < -0.4 is 16.0 Å². The molecule has 9 heteroatoms. The number of aliphatic hydroxyl groups excluding tert-OH is 1. The van der Waals surface area contributed by atoms with Crippen molar-refractivity contribution in [3.8, 4) is 0 Å². The van der Waals surface area contributed by atoms with E-state index in [0.29, 0.717) is 35.9 Å². The predicted octanol–water partition coefficient (Wildman–Crippen LogP) is 0.259. The largest absolute Gasteiger partial charge is 0.393 e. The summed E-state index contributed by atoms with van der Waals surface area (Å²) in [4.78, 5) is 10.5. The highest BCUT2D eigenvalue weighted by atomic mass is 19.1. The summed E-state index contributed by atoms with van der Waals surface area (Å²) in [5, 5.41) is 15.6. The second-order valence-electron chi connectivity index (χ2n) is 8.98. The van der Waals surface area contributed by atoms with Crippen molar-refractivity contribution < 1.29 is 24.0 Å². The minimum Gasteiger partial charge on any atom is -0.393 e. The van der Waals surface area contributed by atoms with Gasteiger partial charge >= 0.3 is 0 Å². The van der Waals surface area contributed by atoms with Crippen LogP contribution in [0.2, 0.25) is 0 Å². The van der Waals surface area contributed by atoms with Crippen molar-refractivity contribution in [3.05, 3.63) is 29.7 Å². The van der Waals surface area contributed by atoms with E-state index in [0.717, 1.165) is 12.8 Å². The van der Waals surface area contributed by atoms with E-state index in [9.17, 15) is 13.9 Å². The molecule has 0 radical (unpaired) electrons. The first-order chi connectivity index (χ1) is 14.2. The number of alkyl halides is 2. The van der Waals surface area contributed by atoms with Crippen molar-refractivity contribution in [2.24, 2.45) is 5.73 Å². The van der Waals surface area contributed by atoms with Crippen LogP contribution in [0, 0.1) is 0 Å². The van der Waals surface area contributed by atoms with Crippen molar-refractivity contribution in [3.63, 3.8) is 0 Å². The molecule has 3 aliphatic rings. The second kappa shape index (κ2) is 7.94. The van der Waals surface area contributed by atoms with Gasteiger partial charge in [0.25, 0.3) is 0 Å². The maximum absolute atomic E-state index is 14.5. The number of anilines is 1. The molecule has 30 heavy (non-hydrogen) atoms. The number of halogens is 2. The fraction of sp³-hybridized carbons (Fsp3) is 0.667. The highest BCUT2D eigenvalue weighted by Gasteiger charge is 2.44. The molecule has 1 aromatic heterocycles. The lowest BCUT2D eigenvalue weighted by molar-refractivity contribution is -0.113. The molecular weight excluding hydrogens is 392 g/mol. The maximum atomic E-state index is 14.5. The van der Waals surface area contributed by atoms with Crippen LogP contribution in [0.3, 0.4) is 0 Å². The van der Waals surface area contributed by atoms with Gasteiger partial charge in [0.05, 0.1) is 12.2 Å². The third-order valence-electron chi connectivity index (χ3n) is 6.46. The van der Waals surface area contributed by atoms with Gasteiger partial charge in [-0.2, -0.15) is 0 Å². The zero-order chi connectivity index (χ0) is 21.5. The standard InChI is InChI=1S/C21H29F2N5O2/c1-20(2-3-20)30-17-8-13(15(24)9-14(17)22)19(25)16-10-18(27-12-26-16)28-6-4-21(23,11-29)5-7-28/h8,10,12,14-15,17,25,29H,2-7,9,11,24H2,1H3/p+1. The molecule has 3 unspecified atom stereocenters. The number of hydrogen-bond donors (Lipinski definition) is 3. The van der Waals surface area contributed by atoms with Gasteiger partial charge in [0.15, 0.2) is 0 Å². The summed E-state index contributed by atoms with van der Waals surface area (Å²) in [6, 6.07) is 1.20. The number of aromatic nitrogens is 2. The predicted molar refractivity (Wildman–Crippen MR) is 109 cm³/mol. The summed E-state index contributed by atoms with van der Waals surface area (Å²) in [6.45, 7) is 2.38. The fourth-order valence-corrected chi connectivity index (χ4v) is 4.04. The van der Waals surface area contributed by atoms with Crippen molar-refractivity contribution in [2.45, 2.75) is 68.6 Å².